The number of benzene rings is 1. The van der Waals surface area contributed by atoms with Gasteiger partial charge in [0.05, 0.1) is 5.60 Å². The number of hydrogen-bond acceptors (Lipinski definition) is 2. The van der Waals surface area contributed by atoms with Gasteiger partial charge in [0.25, 0.3) is 0 Å². The summed E-state index contributed by atoms with van der Waals surface area (Å²) in [5.41, 5.74) is 0.322. The predicted octanol–water partition coefficient (Wildman–Crippen LogP) is 2.35. The highest BCUT2D eigenvalue weighted by atomic mass is 16.3. The summed E-state index contributed by atoms with van der Waals surface area (Å²) in [6.45, 7) is 3.23. The number of carbonyl (C=O) groups excluding carboxylic acids is 1. The molecular formula is C13H18O2. The van der Waals surface area contributed by atoms with Crippen LogP contribution >= 0.6 is 0 Å². The molecule has 0 saturated carbocycles. The molecule has 0 saturated heterocycles. The van der Waals surface area contributed by atoms with Crippen LogP contribution in [-0.2, 0) is 11.2 Å². The van der Waals surface area contributed by atoms with E-state index in [1.165, 1.54) is 12.5 Å². The molecule has 0 fully saturated rings. The van der Waals surface area contributed by atoms with Crippen LogP contribution in [0.3, 0.4) is 0 Å². The third-order valence-electron chi connectivity index (χ3n) is 2.42. The van der Waals surface area contributed by atoms with Gasteiger partial charge >= 0.3 is 0 Å². The molecule has 1 N–H and O–H groups in total. The zero-order chi connectivity index (χ0) is 11.3. The van der Waals surface area contributed by atoms with Crippen LogP contribution < -0.4 is 0 Å². The van der Waals surface area contributed by atoms with Gasteiger partial charge in [-0.1, -0.05) is 30.3 Å². The summed E-state index contributed by atoms with van der Waals surface area (Å²) in [5, 5.41) is 9.93. The van der Waals surface area contributed by atoms with Crippen molar-refractivity contribution in [2.24, 2.45) is 0 Å². The van der Waals surface area contributed by atoms with Crippen molar-refractivity contribution in [2.45, 2.75) is 38.7 Å². The van der Waals surface area contributed by atoms with Gasteiger partial charge < -0.3 is 5.11 Å². The molecule has 1 atom stereocenters. The second-order valence-electron chi connectivity index (χ2n) is 4.36. The normalized spacial score (nSPS) is 14.6. The van der Waals surface area contributed by atoms with Crippen LogP contribution in [0.1, 0.15) is 32.3 Å². The Morgan fingerprint density at radius 2 is 1.93 bits per heavy atom. The maximum atomic E-state index is 10.9. The lowest BCUT2D eigenvalue weighted by atomic mass is 9.92. The molecule has 0 aliphatic rings. The highest BCUT2D eigenvalue weighted by molar-refractivity contribution is 5.76. The molecule has 15 heavy (non-hydrogen) atoms. The largest absolute Gasteiger partial charge is 0.390 e. The van der Waals surface area contributed by atoms with Crippen molar-refractivity contribution >= 4 is 5.78 Å². The minimum Gasteiger partial charge on any atom is -0.390 e. The highest BCUT2D eigenvalue weighted by Gasteiger charge is 2.21. The molecule has 2 heteroatoms. The average Bonchev–Trinajstić information content (AvgIpc) is 2.15. The zero-order valence-electron chi connectivity index (χ0n) is 9.36. The van der Waals surface area contributed by atoms with Gasteiger partial charge in [-0.3, -0.25) is 4.79 Å². The van der Waals surface area contributed by atoms with E-state index in [1.54, 1.807) is 6.92 Å². The van der Waals surface area contributed by atoms with E-state index in [9.17, 15) is 9.90 Å². The van der Waals surface area contributed by atoms with E-state index < -0.39 is 5.60 Å². The van der Waals surface area contributed by atoms with Crippen molar-refractivity contribution in [3.8, 4) is 0 Å². The van der Waals surface area contributed by atoms with E-state index in [4.69, 9.17) is 0 Å². The Morgan fingerprint density at radius 3 is 2.47 bits per heavy atom. The molecule has 0 heterocycles. The minimum absolute atomic E-state index is 0.0352. The lowest BCUT2D eigenvalue weighted by Crippen LogP contribution is -2.27. The number of aryl methyl sites for hydroxylation is 1. The highest BCUT2D eigenvalue weighted by Crippen LogP contribution is 2.17. The molecule has 0 spiro atoms. The molecule has 2 nitrogen and oxygen atoms in total. The molecule has 1 aromatic rings. The van der Waals surface area contributed by atoms with Crippen molar-refractivity contribution in [3.05, 3.63) is 35.9 Å². The van der Waals surface area contributed by atoms with Gasteiger partial charge in [0.15, 0.2) is 0 Å². The second-order valence-corrected chi connectivity index (χ2v) is 4.36. The van der Waals surface area contributed by atoms with Gasteiger partial charge in [-0.25, -0.2) is 0 Å². The van der Waals surface area contributed by atoms with Crippen LogP contribution in [0.4, 0.5) is 0 Å². The third-order valence-corrected chi connectivity index (χ3v) is 2.42. The van der Waals surface area contributed by atoms with Crippen LogP contribution in [0.15, 0.2) is 30.3 Å². The standard InChI is InChI=1S/C13H18O2/c1-11(14)10-13(2,15)9-8-12-6-4-3-5-7-12/h3-7,15H,8-10H2,1-2H3/t13-/m0/s1. The van der Waals surface area contributed by atoms with Crippen LogP contribution in [0.5, 0.6) is 0 Å². The minimum atomic E-state index is -0.873. The van der Waals surface area contributed by atoms with Crippen LogP contribution in [0, 0.1) is 0 Å². The molecule has 1 rings (SSSR count). The first-order valence-corrected chi connectivity index (χ1v) is 5.25. The fraction of sp³-hybridized carbons (Fsp3) is 0.462. The summed E-state index contributed by atoms with van der Waals surface area (Å²) in [6.07, 6.45) is 1.66. The second kappa shape index (κ2) is 5.08. The molecule has 0 aliphatic carbocycles. The molecule has 0 aromatic heterocycles. The molecule has 0 unspecified atom stereocenters. The first-order chi connectivity index (χ1) is 6.99. The Bertz CT molecular complexity index is 315. The van der Waals surface area contributed by atoms with Crippen molar-refractivity contribution in [3.63, 3.8) is 0 Å². The van der Waals surface area contributed by atoms with Crippen LogP contribution in [-0.4, -0.2) is 16.5 Å². The number of ketones is 1. The molecular weight excluding hydrogens is 188 g/mol. The van der Waals surface area contributed by atoms with E-state index >= 15 is 0 Å². The smallest absolute Gasteiger partial charge is 0.132 e. The number of rotatable bonds is 5. The summed E-state index contributed by atoms with van der Waals surface area (Å²) in [7, 11) is 0. The summed E-state index contributed by atoms with van der Waals surface area (Å²) < 4.78 is 0. The van der Waals surface area contributed by atoms with E-state index in [1.807, 2.05) is 30.3 Å². The topological polar surface area (TPSA) is 37.3 Å². The Hall–Kier alpha value is -1.15. The van der Waals surface area contributed by atoms with Gasteiger partial charge in [0.1, 0.15) is 5.78 Å². The summed E-state index contributed by atoms with van der Waals surface area (Å²) in [6, 6.07) is 9.99. The van der Waals surface area contributed by atoms with E-state index in [0.29, 0.717) is 6.42 Å². The summed E-state index contributed by atoms with van der Waals surface area (Å²) in [5.74, 6) is 0.0352. The lowest BCUT2D eigenvalue weighted by Gasteiger charge is -2.21. The molecule has 0 aliphatic heterocycles. The Kier molecular flexibility index (Phi) is 4.04. The molecule has 0 radical (unpaired) electrons. The first-order valence-electron chi connectivity index (χ1n) is 5.25. The van der Waals surface area contributed by atoms with Gasteiger partial charge in [0, 0.05) is 6.42 Å². The SMILES string of the molecule is CC(=O)C[C@@](C)(O)CCc1ccccc1. The fourth-order valence-corrected chi connectivity index (χ4v) is 1.68. The number of aliphatic hydroxyl groups is 1. The fourth-order valence-electron chi connectivity index (χ4n) is 1.68. The van der Waals surface area contributed by atoms with Gasteiger partial charge in [-0.2, -0.15) is 0 Å². The third kappa shape index (κ3) is 4.75. The van der Waals surface area contributed by atoms with E-state index in [2.05, 4.69) is 0 Å². The zero-order valence-corrected chi connectivity index (χ0v) is 9.36. The van der Waals surface area contributed by atoms with Gasteiger partial charge in [-0.05, 0) is 32.3 Å². The molecule has 0 bridgehead atoms. The van der Waals surface area contributed by atoms with Crippen molar-refractivity contribution in [2.75, 3.05) is 0 Å². The Labute approximate surface area is 90.9 Å². The van der Waals surface area contributed by atoms with E-state index in [-0.39, 0.29) is 12.2 Å². The first kappa shape index (κ1) is 11.9. The Balaban J connectivity index is 2.46. The number of hydrogen-bond donors (Lipinski definition) is 1. The van der Waals surface area contributed by atoms with Gasteiger partial charge in [-0.15, -0.1) is 0 Å². The maximum Gasteiger partial charge on any atom is 0.132 e. The average molecular weight is 206 g/mol. The van der Waals surface area contributed by atoms with Crippen molar-refractivity contribution in [1.29, 1.82) is 0 Å². The molecule has 0 amide bonds. The molecule has 1 aromatic carbocycles. The lowest BCUT2D eigenvalue weighted by molar-refractivity contribution is -0.121. The Morgan fingerprint density at radius 1 is 1.33 bits per heavy atom. The summed E-state index contributed by atoms with van der Waals surface area (Å²) >= 11 is 0. The van der Waals surface area contributed by atoms with Crippen molar-refractivity contribution < 1.29 is 9.90 Å². The summed E-state index contributed by atoms with van der Waals surface area (Å²) in [4.78, 5) is 10.9. The van der Waals surface area contributed by atoms with Gasteiger partial charge in [0.2, 0.25) is 0 Å². The van der Waals surface area contributed by atoms with Crippen LogP contribution in [0.25, 0.3) is 0 Å². The quantitative estimate of drug-likeness (QED) is 0.803. The predicted molar refractivity (Wildman–Crippen MR) is 60.7 cm³/mol. The number of carbonyl (C=O) groups is 1. The maximum absolute atomic E-state index is 10.9. The van der Waals surface area contributed by atoms with Crippen LogP contribution in [0.2, 0.25) is 0 Å². The monoisotopic (exact) mass is 206 g/mol. The van der Waals surface area contributed by atoms with E-state index in [0.717, 1.165) is 6.42 Å². The van der Waals surface area contributed by atoms with Crippen molar-refractivity contribution in [1.82, 2.24) is 0 Å². The molecule has 82 valence electrons. The number of Topliss-reactive ketones (excluding diaryl/α,β-unsaturated/α-hetero) is 1.